The molecule has 1 heterocycles. The van der Waals surface area contributed by atoms with Gasteiger partial charge in [0.1, 0.15) is 11.6 Å². The lowest BCUT2D eigenvalue weighted by molar-refractivity contribution is -0.120. The van der Waals surface area contributed by atoms with Gasteiger partial charge in [-0.1, -0.05) is 18.2 Å². The Morgan fingerprint density at radius 3 is 2.56 bits per heavy atom. The number of rotatable bonds is 6. The Morgan fingerprint density at radius 1 is 1.12 bits per heavy atom. The Labute approximate surface area is 186 Å². The van der Waals surface area contributed by atoms with Crippen LogP contribution in [0.3, 0.4) is 0 Å². The maximum absolute atomic E-state index is 13.0. The normalized spacial score (nSPS) is 15.3. The minimum atomic E-state index is -3.85. The van der Waals surface area contributed by atoms with Gasteiger partial charge in [-0.15, -0.1) is 0 Å². The van der Waals surface area contributed by atoms with E-state index in [1.807, 2.05) is 31.2 Å². The van der Waals surface area contributed by atoms with E-state index in [2.05, 4.69) is 4.72 Å². The Morgan fingerprint density at radius 2 is 1.84 bits per heavy atom. The fraction of sp³-hybridized carbons (Fsp3) is 0.208. The second-order valence-corrected chi connectivity index (χ2v) is 9.46. The molecule has 1 aliphatic rings. The molecule has 0 radical (unpaired) electrons. The Hall–Kier alpha value is -3.39. The Kier molecular flexibility index (Phi) is 5.88. The first kappa shape index (κ1) is 21.8. The number of hydrogen-bond donors (Lipinski definition) is 1. The van der Waals surface area contributed by atoms with E-state index in [4.69, 9.17) is 4.74 Å². The van der Waals surface area contributed by atoms with Gasteiger partial charge in [-0.2, -0.15) is 0 Å². The maximum Gasteiger partial charge on any atom is 0.265 e. The van der Waals surface area contributed by atoms with E-state index in [-0.39, 0.29) is 29.1 Å². The summed E-state index contributed by atoms with van der Waals surface area (Å²) in [5, 5.41) is 0. The number of nitrogens with one attached hydrogen (secondary N) is 1. The molecule has 166 valence electrons. The second kappa shape index (κ2) is 8.63. The molecule has 1 atom stereocenters. The van der Waals surface area contributed by atoms with Crippen molar-refractivity contribution in [3.8, 4) is 5.75 Å². The molecular formula is C24H23FN2O4S. The average molecular weight is 455 g/mol. The van der Waals surface area contributed by atoms with Crippen LogP contribution in [0.4, 0.5) is 15.8 Å². The summed E-state index contributed by atoms with van der Waals surface area (Å²) in [7, 11) is -3.85. The number of ether oxygens (including phenoxy) is 1. The van der Waals surface area contributed by atoms with Crippen molar-refractivity contribution in [3.05, 3.63) is 83.7 Å². The van der Waals surface area contributed by atoms with Crippen molar-refractivity contribution < 1.29 is 22.3 Å². The molecule has 0 bridgehead atoms. The van der Waals surface area contributed by atoms with Gasteiger partial charge in [0.15, 0.2) is 6.61 Å². The first-order valence-electron chi connectivity index (χ1n) is 10.2. The number of amides is 1. The average Bonchev–Trinajstić information content (AvgIpc) is 3.10. The number of fused-ring (bicyclic) bond motifs is 1. The Balaban J connectivity index is 1.45. The molecule has 6 nitrogen and oxygen atoms in total. The quantitative estimate of drug-likeness (QED) is 0.603. The van der Waals surface area contributed by atoms with Gasteiger partial charge in [0.05, 0.1) is 4.90 Å². The fourth-order valence-electron chi connectivity index (χ4n) is 3.84. The molecule has 4 rings (SSSR count). The molecule has 0 aromatic heterocycles. The van der Waals surface area contributed by atoms with Crippen LogP contribution in [0.2, 0.25) is 0 Å². The lowest BCUT2D eigenvalue weighted by atomic mass is 10.1. The van der Waals surface area contributed by atoms with Crippen LogP contribution in [0, 0.1) is 12.7 Å². The number of hydrogen-bond acceptors (Lipinski definition) is 4. The number of para-hydroxylation sites is 1. The van der Waals surface area contributed by atoms with Crippen molar-refractivity contribution >= 4 is 27.3 Å². The van der Waals surface area contributed by atoms with Gasteiger partial charge in [0.25, 0.3) is 15.9 Å². The van der Waals surface area contributed by atoms with Crippen LogP contribution in [0.5, 0.6) is 5.75 Å². The third kappa shape index (κ3) is 4.45. The van der Waals surface area contributed by atoms with Gasteiger partial charge in [0.2, 0.25) is 0 Å². The summed E-state index contributed by atoms with van der Waals surface area (Å²) in [6, 6.07) is 17.3. The maximum atomic E-state index is 13.0. The fourth-order valence-corrected chi connectivity index (χ4v) is 4.98. The predicted octanol–water partition coefficient (Wildman–Crippen LogP) is 4.29. The molecule has 1 aliphatic heterocycles. The van der Waals surface area contributed by atoms with Crippen molar-refractivity contribution in [1.82, 2.24) is 0 Å². The molecule has 32 heavy (non-hydrogen) atoms. The van der Waals surface area contributed by atoms with E-state index < -0.39 is 15.8 Å². The molecule has 0 spiro atoms. The largest absolute Gasteiger partial charge is 0.483 e. The van der Waals surface area contributed by atoms with Gasteiger partial charge in [-0.05, 0) is 79.9 Å². The van der Waals surface area contributed by atoms with Crippen LogP contribution in [0.15, 0.2) is 71.6 Å². The van der Waals surface area contributed by atoms with Crippen molar-refractivity contribution in [2.45, 2.75) is 31.2 Å². The molecule has 0 unspecified atom stereocenters. The first-order chi connectivity index (χ1) is 15.2. The van der Waals surface area contributed by atoms with Crippen LogP contribution in [0.1, 0.15) is 18.1 Å². The summed E-state index contributed by atoms with van der Waals surface area (Å²) in [6.07, 6.45) is 0.800. The summed E-state index contributed by atoms with van der Waals surface area (Å²) in [5.74, 6) is -0.178. The highest BCUT2D eigenvalue weighted by atomic mass is 32.2. The van der Waals surface area contributed by atoms with Gasteiger partial charge in [-0.25, -0.2) is 12.8 Å². The number of benzene rings is 3. The number of carbonyl (C=O) groups is 1. The molecule has 1 N–H and O–H groups in total. The minimum Gasteiger partial charge on any atom is -0.483 e. The van der Waals surface area contributed by atoms with Crippen molar-refractivity contribution in [2.24, 2.45) is 0 Å². The summed E-state index contributed by atoms with van der Waals surface area (Å²) >= 11 is 0. The molecule has 0 saturated carbocycles. The zero-order valence-electron chi connectivity index (χ0n) is 17.7. The number of anilines is 2. The highest BCUT2D eigenvalue weighted by Gasteiger charge is 2.30. The zero-order valence-corrected chi connectivity index (χ0v) is 18.5. The number of halogens is 1. The highest BCUT2D eigenvalue weighted by Crippen LogP contribution is 2.32. The number of sulfonamides is 1. The molecular weight excluding hydrogens is 431 g/mol. The van der Waals surface area contributed by atoms with E-state index >= 15 is 0 Å². The second-order valence-electron chi connectivity index (χ2n) is 7.77. The van der Waals surface area contributed by atoms with E-state index in [1.54, 1.807) is 11.8 Å². The molecule has 3 aromatic carbocycles. The standard InChI is InChI=1S/C24H23FN2O4S/c1-16-13-21(32(29,30)26-20-9-7-19(25)8-10-20)11-12-23(16)31-15-24(28)27-17(2)14-18-5-3-4-6-22(18)27/h3-13,17,26H,14-15H2,1-2H3/t17-/m1/s1. The number of aryl methyl sites for hydroxylation is 1. The monoisotopic (exact) mass is 454 g/mol. The third-order valence-corrected chi connectivity index (χ3v) is 6.76. The number of nitrogens with zero attached hydrogens (tertiary/aromatic N) is 1. The van der Waals surface area contributed by atoms with Crippen molar-refractivity contribution in [1.29, 1.82) is 0 Å². The third-order valence-electron chi connectivity index (χ3n) is 5.38. The zero-order chi connectivity index (χ0) is 22.9. The van der Waals surface area contributed by atoms with Crippen molar-refractivity contribution in [3.63, 3.8) is 0 Å². The van der Waals surface area contributed by atoms with Gasteiger partial charge >= 0.3 is 0 Å². The van der Waals surface area contributed by atoms with Gasteiger partial charge in [0, 0.05) is 17.4 Å². The van der Waals surface area contributed by atoms with E-state index in [9.17, 15) is 17.6 Å². The minimum absolute atomic E-state index is 0.0418. The van der Waals surface area contributed by atoms with Gasteiger partial charge < -0.3 is 9.64 Å². The first-order valence-corrected chi connectivity index (χ1v) is 11.6. The topological polar surface area (TPSA) is 75.7 Å². The molecule has 3 aromatic rings. The van der Waals surface area contributed by atoms with Gasteiger partial charge in [-0.3, -0.25) is 9.52 Å². The summed E-state index contributed by atoms with van der Waals surface area (Å²) in [4.78, 5) is 14.6. The van der Waals surface area contributed by atoms with E-state index in [0.717, 1.165) is 17.7 Å². The van der Waals surface area contributed by atoms with Crippen LogP contribution < -0.4 is 14.4 Å². The lowest BCUT2D eigenvalue weighted by Crippen LogP contribution is -2.39. The SMILES string of the molecule is Cc1cc(S(=O)(=O)Nc2ccc(F)cc2)ccc1OCC(=O)N1c2ccccc2C[C@H]1C. The van der Waals surface area contributed by atoms with Crippen LogP contribution >= 0.6 is 0 Å². The van der Waals surface area contributed by atoms with E-state index in [0.29, 0.717) is 11.3 Å². The lowest BCUT2D eigenvalue weighted by Gasteiger charge is -2.23. The Bertz CT molecular complexity index is 1260. The number of carbonyl (C=O) groups excluding carboxylic acids is 1. The molecule has 0 saturated heterocycles. The highest BCUT2D eigenvalue weighted by molar-refractivity contribution is 7.92. The van der Waals surface area contributed by atoms with Crippen LogP contribution in [-0.4, -0.2) is 27.0 Å². The predicted molar refractivity (Wildman–Crippen MR) is 121 cm³/mol. The molecule has 0 fully saturated rings. The summed E-state index contributed by atoms with van der Waals surface area (Å²) in [5.41, 5.74) is 2.87. The van der Waals surface area contributed by atoms with E-state index in [1.165, 1.54) is 42.5 Å². The smallest absolute Gasteiger partial charge is 0.265 e. The summed E-state index contributed by atoms with van der Waals surface area (Å²) in [6.45, 7) is 3.56. The summed E-state index contributed by atoms with van der Waals surface area (Å²) < 4.78 is 46.5. The van der Waals surface area contributed by atoms with Crippen molar-refractivity contribution in [2.75, 3.05) is 16.2 Å². The molecule has 1 amide bonds. The van der Waals surface area contributed by atoms with Crippen LogP contribution in [-0.2, 0) is 21.2 Å². The molecule has 8 heteroatoms. The molecule has 0 aliphatic carbocycles. The van der Waals surface area contributed by atoms with Crippen LogP contribution in [0.25, 0.3) is 0 Å².